The fraction of sp³-hybridized carbons (Fsp3) is 0.214. The molecular formula is C14H13N3O2. The zero-order valence-electron chi connectivity index (χ0n) is 10.3. The molecule has 96 valence electrons. The molecule has 5 heteroatoms. The van der Waals surface area contributed by atoms with Crippen LogP contribution in [0.25, 0.3) is 0 Å². The van der Waals surface area contributed by atoms with E-state index in [1.54, 1.807) is 30.6 Å². The molecule has 0 radical (unpaired) electrons. The zero-order chi connectivity index (χ0) is 13.2. The Morgan fingerprint density at radius 3 is 2.74 bits per heavy atom. The van der Waals surface area contributed by atoms with Crippen LogP contribution in [0.1, 0.15) is 21.5 Å². The normalized spacial score (nSPS) is 14.0. The predicted molar refractivity (Wildman–Crippen MR) is 70.2 cm³/mol. The first-order chi connectivity index (χ1) is 9.25. The number of nitrogens with zero attached hydrogens (tertiary/aromatic N) is 3. The Morgan fingerprint density at radius 1 is 1.21 bits per heavy atom. The van der Waals surface area contributed by atoms with Crippen LogP contribution in [0.3, 0.4) is 0 Å². The molecule has 5 nitrogen and oxygen atoms in total. The molecule has 0 saturated carbocycles. The van der Waals surface area contributed by atoms with Crippen molar-refractivity contribution in [2.24, 2.45) is 0 Å². The largest absolute Gasteiger partial charge is 0.478 e. The summed E-state index contributed by atoms with van der Waals surface area (Å²) in [5.41, 5.74) is 2.35. The summed E-state index contributed by atoms with van der Waals surface area (Å²) in [7, 11) is 0. The third-order valence-corrected chi connectivity index (χ3v) is 3.34. The van der Waals surface area contributed by atoms with E-state index < -0.39 is 5.97 Å². The summed E-state index contributed by atoms with van der Waals surface area (Å²) < 4.78 is 0. The summed E-state index contributed by atoms with van der Waals surface area (Å²) in [4.78, 5) is 21.7. The first-order valence-corrected chi connectivity index (χ1v) is 6.12. The van der Waals surface area contributed by atoms with Crippen molar-refractivity contribution in [2.45, 2.75) is 13.0 Å². The fourth-order valence-corrected chi connectivity index (χ4v) is 2.41. The first kappa shape index (κ1) is 11.6. The van der Waals surface area contributed by atoms with Crippen LogP contribution in [-0.4, -0.2) is 27.6 Å². The van der Waals surface area contributed by atoms with E-state index >= 15 is 0 Å². The van der Waals surface area contributed by atoms with Gasteiger partial charge in [-0.1, -0.05) is 12.1 Å². The second-order valence-electron chi connectivity index (χ2n) is 4.47. The summed E-state index contributed by atoms with van der Waals surface area (Å²) in [5.74, 6) is -0.235. The highest BCUT2D eigenvalue weighted by molar-refractivity contribution is 5.90. The lowest BCUT2D eigenvalue weighted by molar-refractivity contribution is 0.0695. The number of carboxylic acids is 1. The summed E-state index contributed by atoms with van der Waals surface area (Å²) in [6.07, 6.45) is 4.20. The highest BCUT2D eigenvalue weighted by Gasteiger charge is 2.22. The van der Waals surface area contributed by atoms with Gasteiger partial charge in [0, 0.05) is 25.5 Å². The maximum absolute atomic E-state index is 11.3. The van der Waals surface area contributed by atoms with Crippen molar-refractivity contribution in [3.05, 3.63) is 53.3 Å². The van der Waals surface area contributed by atoms with Crippen LogP contribution in [0, 0.1) is 0 Å². The lowest BCUT2D eigenvalue weighted by atomic mass is 9.95. The smallest absolute Gasteiger partial charge is 0.336 e. The van der Waals surface area contributed by atoms with Gasteiger partial charge in [0.05, 0.1) is 5.56 Å². The quantitative estimate of drug-likeness (QED) is 0.885. The van der Waals surface area contributed by atoms with Crippen molar-refractivity contribution < 1.29 is 9.90 Å². The summed E-state index contributed by atoms with van der Waals surface area (Å²) in [5, 5.41) is 9.25. The third-order valence-electron chi connectivity index (χ3n) is 3.34. The molecule has 1 N–H and O–H groups in total. The number of rotatable bonds is 2. The van der Waals surface area contributed by atoms with Crippen molar-refractivity contribution in [2.75, 3.05) is 11.4 Å². The minimum atomic E-state index is -0.882. The van der Waals surface area contributed by atoms with Gasteiger partial charge >= 0.3 is 5.97 Å². The molecule has 2 aromatic rings. The molecular weight excluding hydrogens is 242 g/mol. The van der Waals surface area contributed by atoms with E-state index in [2.05, 4.69) is 9.97 Å². The monoisotopic (exact) mass is 255 g/mol. The van der Waals surface area contributed by atoms with Crippen LogP contribution in [0.4, 0.5) is 5.95 Å². The number of benzene rings is 1. The van der Waals surface area contributed by atoms with Gasteiger partial charge in [0.1, 0.15) is 0 Å². The minimum Gasteiger partial charge on any atom is -0.478 e. The number of aromatic nitrogens is 2. The maximum Gasteiger partial charge on any atom is 0.336 e. The summed E-state index contributed by atoms with van der Waals surface area (Å²) in [6, 6.07) is 7.21. The molecule has 1 aromatic carbocycles. The van der Waals surface area contributed by atoms with Gasteiger partial charge in [-0.2, -0.15) is 0 Å². The topological polar surface area (TPSA) is 66.3 Å². The molecule has 3 rings (SSSR count). The fourth-order valence-electron chi connectivity index (χ4n) is 2.41. The van der Waals surface area contributed by atoms with Gasteiger partial charge in [0.2, 0.25) is 5.95 Å². The molecule has 0 unspecified atom stereocenters. The van der Waals surface area contributed by atoms with Crippen LogP contribution >= 0.6 is 0 Å². The molecule has 0 fully saturated rings. The van der Waals surface area contributed by atoms with Crippen LogP contribution in [-0.2, 0) is 13.0 Å². The maximum atomic E-state index is 11.3. The Balaban J connectivity index is 1.97. The molecule has 1 aliphatic rings. The highest BCUT2D eigenvalue weighted by atomic mass is 16.4. The van der Waals surface area contributed by atoms with Crippen molar-refractivity contribution >= 4 is 11.9 Å². The third kappa shape index (κ3) is 2.14. The average Bonchev–Trinajstić information content (AvgIpc) is 2.47. The van der Waals surface area contributed by atoms with Crippen LogP contribution < -0.4 is 4.90 Å². The molecule has 0 spiro atoms. The van der Waals surface area contributed by atoms with Gasteiger partial charge in [-0.3, -0.25) is 0 Å². The minimum absolute atomic E-state index is 0.373. The first-order valence-electron chi connectivity index (χ1n) is 6.12. The van der Waals surface area contributed by atoms with Gasteiger partial charge in [-0.05, 0) is 29.7 Å². The average molecular weight is 255 g/mol. The SMILES string of the molecule is O=C(O)c1cccc2c1CN(c1ncccn1)CC2. The molecule has 0 atom stereocenters. The van der Waals surface area contributed by atoms with E-state index in [1.165, 1.54) is 0 Å². The highest BCUT2D eigenvalue weighted by Crippen LogP contribution is 2.24. The number of aromatic carboxylic acids is 1. The van der Waals surface area contributed by atoms with Crippen LogP contribution in [0.15, 0.2) is 36.7 Å². The number of fused-ring (bicyclic) bond motifs is 1. The Labute approximate surface area is 110 Å². The van der Waals surface area contributed by atoms with E-state index in [0.29, 0.717) is 18.1 Å². The van der Waals surface area contributed by atoms with Crippen molar-refractivity contribution in [1.29, 1.82) is 0 Å². The Morgan fingerprint density at radius 2 is 2.00 bits per heavy atom. The molecule has 0 bridgehead atoms. The Kier molecular flexibility index (Phi) is 2.87. The molecule has 1 aliphatic heterocycles. The molecule has 0 amide bonds. The Hall–Kier alpha value is -2.43. The molecule has 2 heterocycles. The van der Waals surface area contributed by atoms with Gasteiger partial charge < -0.3 is 10.0 Å². The van der Waals surface area contributed by atoms with Crippen molar-refractivity contribution in [1.82, 2.24) is 9.97 Å². The molecule has 0 saturated heterocycles. The zero-order valence-corrected chi connectivity index (χ0v) is 10.3. The number of hydrogen-bond donors (Lipinski definition) is 1. The number of hydrogen-bond acceptors (Lipinski definition) is 4. The number of anilines is 1. The standard InChI is InChI=1S/C14H13N3O2/c18-13(19)11-4-1-3-10-5-8-17(9-12(10)11)14-15-6-2-7-16-14/h1-4,6-7H,5,8-9H2,(H,18,19). The lowest BCUT2D eigenvalue weighted by Crippen LogP contribution is -2.32. The van der Waals surface area contributed by atoms with Gasteiger partial charge in [-0.25, -0.2) is 14.8 Å². The van der Waals surface area contributed by atoms with E-state index in [4.69, 9.17) is 0 Å². The Bertz CT molecular complexity index is 613. The lowest BCUT2D eigenvalue weighted by Gasteiger charge is -2.29. The number of carboxylic acid groups (broad SMARTS) is 1. The summed E-state index contributed by atoms with van der Waals surface area (Å²) in [6.45, 7) is 1.35. The van der Waals surface area contributed by atoms with E-state index in [1.807, 2.05) is 11.0 Å². The van der Waals surface area contributed by atoms with E-state index in [-0.39, 0.29) is 0 Å². The second-order valence-corrected chi connectivity index (χ2v) is 4.47. The second kappa shape index (κ2) is 4.68. The van der Waals surface area contributed by atoms with Crippen molar-refractivity contribution in [3.8, 4) is 0 Å². The van der Waals surface area contributed by atoms with Gasteiger partial charge in [0.25, 0.3) is 0 Å². The summed E-state index contributed by atoms with van der Waals surface area (Å²) >= 11 is 0. The van der Waals surface area contributed by atoms with Crippen LogP contribution in [0.2, 0.25) is 0 Å². The van der Waals surface area contributed by atoms with Gasteiger partial charge in [-0.15, -0.1) is 0 Å². The number of carbonyl (C=O) groups is 1. The molecule has 0 aliphatic carbocycles. The van der Waals surface area contributed by atoms with E-state index in [0.717, 1.165) is 24.1 Å². The van der Waals surface area contributed by atoms with Crippen molar-refractivity contribution in [3.63, 3.8) is 0 Å². The van der Waals surface area contributed by atoms with Gasteiger partial charge in [0.15, 0.2) is 0 Å². The van der Waals surface area contributed by atoms with Crippen LogP contribution in [0.5, 0.6) is 0 Å². The molecule has 19 heavy (non-hydrogen) atoms. The molecule has 1 aromatic heterocycles. The predicted octanol–water partition coefficient (Wildman–Crippen LogP) is 1.74. The van der Waals surface area contributed by atoms with E-state index in [9.17, 15) is 9.90 Å².